The second-order valence-electron chi connectivity index (χ2n) is 9.02. The molecule has 5 rings (SSSR count). The minimum absolute atomic E-state index is 0.146. The molecule has 5 aromatic carbocycles. The summed E-state index contributed by atoms with van der Waals surface area (Å²) < 4.78 is 32.3. The SMILES string of the molecule is Nc1ccc2cc(S(=O)(=O)O)cc(O)c2c1/N=N/c1ccc(-c2ccc(/N=N/c3ccc(O)c(C(=O)O)c3)cc2)cc1. The molecule has 0 saturated heterocycles. The van der Waals surface area contributed by atoms with Gasteiger partial charge in [-0.2, -0.15) is 23.8 Å². The molecule has 0 amide bonds. The van der Waals surface area contributed by atoms with Crippen LogP contribution >= 0.6 is 0 Å². The number of fused-ring (bicyclic) bond motifs is 1. The van der Waals surface area contributed by atoms with Gasteiger partial charge in [0.25, 0.3) is 10.1 Å². The lowest BCUT2D eigenvalue weighted by atomic mass is 10.1. The van der Waals surface area contributed by atoms with Gasteiger partial charge < -0.3 is 21.1 Å². The van der Waals surface area contributed by atoms with E-state index in [1.165, 1.54) is 36.4 Å². The molecule has 6 N–H and O–H groups in total. The number of rotatable bonds is 7. The second kappa shape index (κ2) is 11.1. The lowest BCUT2D eigenvalue weighted by Gasteiger charge is -2.09. The fourth-order valence-corrected chi connectivity index (χ4v) is 4.63. The van der Waals surface area contributed by atoms with Crippen LogP contribution in [0.5, 0.6) is 11.5 Å². The van der Waals surface area contributed by atoms with Crippen LogP contribution in [0.2, 0.25) is 0 Å². The van der Waals surface area contributed by atoms with Gasteiger partial charge in [-0.3, -0.25) is 4.55 Å². The molecule has 0 aliphatic heterocycles. The number of phenolic OH excluding ortho intramolecular Hbond substituents is 1. The average Bonchev–Trinajstić information content (AvgIpc) is 2.96. The Bertz CT molecular complexity index is 2010. The third-order valence-electron chi connectivity index (χ3n) is 6.20. The smallest absolute Gasteiger partial charge is 0.339 e. The van der Waals surface area contributed by atoms with Crippen LogP contribution in [0.3, 0.4) is 0 Å². The van der Waals surface area contributed by atoms with Crippen molar-refractivity contribution >= 4 is 55.3 Å². The van der Waals surface area contributed by atoms with E-state index in [1.807, 2.05) is 24.3 Å². The standard InChI is InChI=1S/C29H21N5O7S/c30-24-11-5-18-13-22(42(39,40)41)15-26(36)27(18)28(24)34-32-20-8-3-17(4-9-20)16-1-6-19(7-2-16)31-33-21-10-12-25(35)23(14-21)29(37)38/h1-15,35-36H,30H2,(H,37,38)(H,39,40,41)/b33-31+,34-32+. The minimum atomic E-state index is -4.53. The zero-order valence-electron chi connectivity index (χ0n) is 21.4. The average molecular weight is 584 g/mol. The molecular weight excluding hydrogens is 562 g/mol. The van der Waals surface area contributed by atoms with Crippen LogP contribution < -0.4 is 5.73 Å². The van der Waals surface area contributed by atoms with Crippen LogP contribution in [0.4, 0.5) is 28.4 Å². The van der Waals surface area contributed by atoms with Gasteiger partial charge in [0, 0.05) is 6.07 Å². The van der Waals surface area contributed by atoms with Crippen molar-refractivity contribution in [3.63, 3.8) is 0 Å². The lowest BCUT2D eigenvalue weighted by Crippen LogP contribution is -1.98. The molecule has 5 aromatic rings. The van der Waals surface area contributed by atoms with Gasteiger partial charge in [-0.25, -0.2) is 4.79 Å². The molecule has 210 valence electrons. The fourth-order valence-electron chi connectivity index (χ4n) is 4.09. The molecule has 13 heteroatoms. The number of aromatic carboxylic acids is 1. The van der Waals surface area contributed by atoms with Crippen molar-refractivity contribution in [1.82, 2.24) is 0 Å². The van der Waals surface area contributed by atoms with Gasteiger partial charge in [0.2, 0.25) is 0 Å². The molecule has 0 unspecified atom stereocenters. The van der Waals surface area contributed by atoms with Gasteiger partial charge in [-0.1, -0.05) is 30.3 Å². The Morgan fingerprint density at radius 1 is 0.667 bits per heavy atom. The minimum Gasteiger partial charge on any atom is -0.507 e. The summed E-state index contributed by atoms with van der Waals surface area (Å²) in [6.07, 6.45) is 0. The molecule has 0 fully saturated rings. The molecule has 0 aromatic heterocycles. The number of nitrogen functional groups attached to an aromatic ring is 1. The summed E-state index contributed by atoms with van der Waals surface area (Å²) in [5.41, 5.74) is 9.21. The Hall–Kier alpha value is -5.66. The number of carbonyl (C=O) groups is 1. The first-order chi connectivity index (χ1) is 20.0. The molecule has 0 aliphatic carbocycles. The number of nitrogens with two attached hydrogens (primary N) is 1. The highest BCUT2D eigenvalue weighted by atomic mass is 32.2. The molecule has 0 spiro atoms. The number of nitrogens with zero attached hydrogens (tertiary/aromatic N) is 4. The normalized spacial score (nSPS) is 11.9. The van der Waals surface area contributed by atoms with Crippen LogP contribution in [-0.4, -0.2) is 34.3 Å². The highest BCUT2D eigenvalue weighted by Crippen LogP contribution is 2.40. The highest BCUT2D eigenvalue weighted by Gasteiger charge is 2.17. The highest BCUT2D eigenvalue weighted by molar-refractivity contribution is 7.85. The third kappa shape index (κ3) is 5.91. The lowest BCUT2D eigenvalue weighted by molar-refractivity contribution is 0.0693. The van der Waals surface area contributed by atoms with Crippen molar-refractivity contribution in [1.29, 1.82) is 0 Å². The van der Waals surface area contributed by atoms with Crippen molar-refractivity contribution in [3.05, 3.63) is 96.6 Å². The Balaban J connectivity index is 1.34. The number of phenols is 2. The molecule has 42 heavy (non-hydrogen) atoms. The summed E-state index contributed by atoms with van der Waals surface area (Å²) in [5, 5.41) is 46.2. The Kier molecular flexibility index (Phi) is 7.35. The maximum Gasteiger partial charge on any atom is 0.339 e. The first-order valence-corrected chi connectivity index (χ1v) is 13.6. The number of aromatic hydroxyl groups is 2. The molecule has 12 nitrogen and oxygen atoms in total. The first kappa shape index (κ1) is 27.9. The van der Waals surface area contributed by atoms with Crippen LogP contribution in [0.15, 0.2) is 116 Å². The van der Waals surface area contributed by atoms with Crippen LogP contribution in [0.1, 0.15) is 10.4 Å². The summed E-state index contributed by atoms with van der Waals surface area (Å²) >= 11 is 0. The Morgan fingerprint density at radius 3 is 1.79 bits per heavy atom. The summed E-state index contributed by atoms with van der Waals surface area (Å²) in [5.74, 6) is -2.05. The molecular formula is C29H21N5O7S. The van der Waals surface area contributed by atoms with Crippen molar-refractivity contribution < 1.29 is 33.1 Å². The fraction of sp³-hybridized carbons (Fsp3) is 0. The largest absolute Gasteiger partial charge is 0.507 e. The van der Waals surface area contributed by atoms with E-state index in [1.54, 1.807) is 24.3 Å². The van der Waals surface area contributed by atoms with E-state index in [0.29, 0.717) is 16.8 Å². The summed E-state index contributed by atoms with van der Waals surface area (Å²) in [7, 11) is -4.53. The number of carboxylic acid groups (broad SMARTS) is 1. The van der Waals surface area contributed by atoms with E-state index in [2.05, 4.69) is 20.5 Å². The van der Waals surface area contributed by atoms with E-state index in [-0.39, 0.29) is 33.8 Å². The molecule has 0 aliphatic rings. The quantitative estimate of drug-likeness (QED) is 0.0745. The second-order valence-corrected chi connectivity index (χ2v) is 10.4. The number of hydrogen-bond acceptors (Lipinski definition) is 10. The van der Waals surface area contributed by atoms with Gasteiger partial charge in [0.15, 0.2) is 0 Å². The van der Waals surface area contributed by atoms with Gasteiger partial charge in [0.05, 0.1) is 33.0 Å². The predicted octanol–water partition coefficient (Wildman–Crippen LogP) is 7.28. The first-order valence-electron chi connectivity index (χ1n) is 12.1. The molecule has 0 atom stereocenters. The van der Waals surface area contributed by atoms with E-state index >= 15 is 0 Å². The van der Waals surface area contributed by atoms with Gasteiger partial charge in [0.1, 0.15) is 22.7 Å². The topological polar surface area (TPSA) is 208 Å². The number of benzene rings is 5. The monoisotopic (exact) mass is 583 g/mol. The summed E-state index contributed by atoms with van der Waals surface area (Å²) in [6.45, 7) is 0. The zero-order valence-corrected chi connectivity index (χ0v) is 22.3. The number of carboxylic acids is 1. The van der Waals surface area contributed by atoms with Crippen LogP contribution in [0, 0.1) is 0 Å². The number of anilines is 1. The maximum absolute atomic E-state index is 11.5. The summed E-state index contributed by atoms with van der Waals surface area (Å²) in [6, 6.07) is 23.3. The van der Waals surface area contributed by atoms with E-state index < -0.39 is 26.7 Å². The van der Waals surface area contributed by atoms with Crippen molar-refractivity contribution in [2.24, 2.45) is 20.5 Å². The predicted molar refractivity (Wildman–Crippen MR) is 155 cm³/mol. The number of hydrogen-bond donors (Lipinski definition) is 5. The molecule has 0 bridgehead atoms. The Labute approximate surface area is 238 Å². The van der Waals surface area contributed by atoms with E-state index in [4.69, 9.17) is 10.8 Å². The summed E-state index contributed by atoms with van der Waals surface area (Å²) in [4.78, 5) is 10.7. The van der Waals surface area contributed by atoms with E-state index in [9.17, 15) is 28.0 Å². The van der Waals surface area contributed by atoms with E-state index in [0.717, 1.165) is 17.2 Å². The molecule has 0 radical (unpaired) electrons. The van der Waals surface area contributed by atoms with Gasteiger partial charge in [-0.15, -0.1) is 5.11 Å². The zero-order chi connectivity index (χ0) is 30.0. The Morgan fingerprint density at radius 2 is 1.21 bits per heavy atom. The van der Waals surface area contributed by atoms with Crippen molar-refractivity contribution in [2.45, 2.75) is 4.90 Å². The van der Waals surface area contributed by atoms with Crippen LogP contribution in [-0.2, 0) is 10.1 Å². The van der Waals surface area contributed by atoms with Gasteiger partial charge in [-0.05, 0) is 71.1 Å². The van der Waals surface area contributed by atoms with Crippen molar-refractivity contribution in [2.75, 3.05) is 5.73 Å². The molecule has 0 heterocycles. The van der Waals surface area contributed by atoms with Crippen molar-refractivity contribution in [3.8, 4) is 22.6 Å². The van der Waals surface area contributed by atoms with Crippen LogP contribution in [0.25, 0.3) is 21.9 Å². The third-order valence-corrected chi connectivity index (χ3v) is 7.03. The maximum atomic E-state index is 11.5. The van der Waals surface area contributed by atoms with Gasteiger partial charge >= 0.3 is 5.97 Å². The number of azo groups is 2. The molecule has 0 saturated carbocycles.